The normalized spacial score (nSPS) is 11.9. The molecule has 0 saturated carbocycles. The van der Waals surface area contributed by atoms with Crippen molar-refractivity contribution in [1.29, 1.82) is 0 Å². The molecule has 0 amide bonds. The molecule has 0 aromatic carbocycles. The maximum Gasteiger partial charge on any atom is 0.319 e. The zero-order valence-electron chi connectivity index (χ0n) is 5.27. The third kappa shape index (κ3) is 1.23. The molecule has 0 radical (unpaired) electrons. The van der Waals surface area contributed by atoms with Gasteiger partial charge in [-0.15, -0.1) is 0 Å². The molecule has 0 aliphatic heterocycles. The summed E-state index contributed by atoms with van der Waals surface area (Å²) in [6, 6.07) is 0. The summed E-state index contributed by atoms with van der Waals surface area (Å²) < 4.78 is 28.9. The van der Waals surface area contributed by atoms with Gasteiger partial charge in [0.15, 0.2) is 5.82 Å². The Balaban J connectivity index is 2.96. The largest absolute Gasteiger partial charge is 0.441 e. The van der Waals surface area contributed by atoms with Crippen LogP contribution in [0.5, 0.6) is 0 Å². The lowest BCUT2D eigenvalue weighted by Crippen LogP contribution is -2.07. The van der Waals surface area contributed by atoms with Crippen LogP contribution >= 0.6 is 0 Å². The maximum atomic E-state index is 12.3. The van der Waals surface area contributed by atoms with E-state index in [9.17, 15) is 8.78 Å². The van der Waals surface area contributed by atoms with Gasteiger partial charge in [-0.05, 0) is 0 Å². The molecule has 1 aromatic rings. The number of anilines is 1. The van der Waals surface area contributed by atoms with Gasteiger partial charge in [0.25, 0.3) is 5.89 Å². The number of hydrogen-bond donors (Lipinski definition) is 1. The fraction of sp³-hybridized carbons (Fsp3) is 0.400. The Morgan fingerprint density at radius 1 is 1.70 bits per heavy atom. The number of oxazole rings is 1. The van der Waals surface area contributed by atoms with Gasteiger partial charge in [0.2, 0.25) is 0 Å². The molecule has 2 N–H and O–H groups in total. The topological polar surface area (TPSA) is 52.0 Å². The molecule has 0 bridgehead atoms. The highest BCUT2D eigenvalue weighted by Gasteiger charge is 2.30. The minimum Gasteiger partial charge on any atom is -0.441 e. The first kappa shape index (κ1) is 6.98. The fourth-order valence-electron chi connectivity index (χ4n) is 0.488. The second kappa shape index (κ2) is 1.93. The van der Waals surface area contributed by atoms with Gasteiger partial charge in [0.1, 0.15) is 6.26 Å². The predicted octanol–water partition coefficient (Wildman–Crippen LogP) is 1.37. The van der Waals surface area contributed by atoms with Crippen molar-refractivity contribution in [3.8, 4) is 0 Å². The van der Waals surface area contributed by atoms with Gasteiger partial charge in [-0.3, -0.25) is 0 Å². The molecule has 3 nitrogen and oxygen atoms in total. The Hall–Kier alpha value is -1.13. The van der Waals surface area contributed by atoms with Gasteiger partial charge >= 0.3 is 5.92 Å². The van der Waals surface area contributed by atoms with Crippen LogP contribution in [0.1, 0.15) is 12.8 Å². The van der Waals surface area contributed by atoms with Crippen molar-refractivity contribution in [2.75, 3.05) is 5.73 Å². The van der Waals surface area contributed by atoms with Gasteiger partial charge in [-0.25, -0.2) is 0 Å². The first-order chi connectivity index (χ1) is 4.50. The van der Waals surface area contributed by atoms with Crippen LogP contribution in [-0.2, 0) is 5.92 Å². The monoisotopic (exact) mass is 148 g/mol. The third-order valence-electron chi connectivity index (χ3n) is 0.897. The van der Waals surface area contributed by atoms with Crippen molar-refractivity contribution >= 4 is 5.82 Å². The highest BCUT2D eigenvalue weighted by atomic mass is 19.3. The lowest BCUT2D eigenvalue weighted by atomic mass is 10.4. The predicted molar refractivity (Wildman–Crippen MR) is 30.5 cm³/mol. The van der Waals surface area contributed by atoms with Crippen molar-refractivity contribution in [1.82, 2.24) is 4.98 Å². The molecule has 0 atom stereocenters. The fourth-order valence-corrected chi connectivity index (χ4v) is 0.488. The zero-order valence-corrected chi connectivity index (χ0v) is 5.27. The van der Waals surface area contributed by atoms with E-state index in [-0.39, 0.29) is 5.82 Å². The van der Waals surface area contributed by atoms with Crippen LogP contribution < -0.4 is 5.73 Å². The van der Waals surface area contributed by atoms with Gasteiger partial charge in [0, 0.05) is 6.92 Å². The van der Waals surface area contributed by atoms with Crippen LogP contribution in [0.2, 0.25) is 0 Å². The van der Waals surface area contributed by atoms with Crippen molar-refractivity contribution in [2.45, 2.75) is 12.8 Å². The molecule has 0 saturated heterocycles. The van der Waals surface area contributed by atoms with Crippen molar-refractivity contribution in [3.05, 3.63) is 12.2 Å². The molecule has 0 aliphatic carbocycles. The summed E-state index contributed by atoms with van der Waals surface area (Å²) >= 11 is 0. The summed E-state index contributed by atoms with van der Waals surface area (Å²) in [7, 11) is 0. The Bertz CT molecular complexity index is 228. The SMILES string of the molecule is CC(F)(F)c1nc(N)co1. The smallest absolute Gasteiger partial charge is 0.319 e. The Morgan fingerprint density at radius 2 is 2.30 bits per heavy atom. The lowest BCUT2D eigenvalue weighted by Gasteiger charge is -2.01. The van der Waals surface area contributed by atoms with E-state index < -0.39 is 11.8 Å². The average molecular weight is 148 g/mol. The zero-order chi connectivity index (χ0) is 7.78. The van der Waals surface area contributed by atoms with Crippen LogP contribution in [0.4, 0.5) is 14.6 Å². The molecule has 0 unspecified atom stereocenters. The highest BCUT2D eigenvalue weighted by molar-refractivity contribution is 5.22. The van der Waals surface area contributed by atoms with Crippen LogP contribution in [0.15, 0.2) is 10.7 Å². The summed E-state index contributed by atoms with van der Waals surface area (Å²) in [6.07, 6.45) is 0.979. The van der Waals surface area contributed by atoms with Crippen molar-refractivity contribution in [2.24, 2.45) is 0 Å². The standard InChI is InChI=1S/C5H6F2N2O/c1-5(6,7)4-9-3(8)2-10-4/h2H,8H2,1H3. The molecule has 1 heterocycles. The molecule has 1 rings (SSSR count). The number of halogens is 2. The quantitative estimate of drug-likeness (QED) is 0.654. The molecule has 1 aromatic heterocycles. The number of aromatic nitrogens is 1. The van der Waals surface area contributed by atoms with Crippen molar-refractivity contribution in [3.63, 3.8) is 0 Å². The van der Waals surface area contributed by atoms with Gasteiger partial charge < -0.3 is 10.2 Å². The number of alkyl halides is 2. The summed E-state index contributed by atoms with van der Waals surface area (Å²) in [5, 5.41) is 0. The van der Waals surface area contributed by atoms with E-state index in [1.54, 1.807) is 0 Å². The molecule has 5 heteroatoms. The van der Waals surface area contributed by atoms with Gasteiger partial charge in [-0.1, -0.05) is 0 Å². The van der Waals surface area contributed by atoms with Crippen LogP contribution in [0, 0.1) is 0 Å². The number of rotatable bonds is 1. The van der Waals surface area contributed by atoms with E-state index in [0.29, 0.717) is 6.92 Å². The first-order valence-electron chi connectivity index (χ1n) is 2.59. The molecular formula is C5H6F2N2O. The third-order valence-corrected chi connectivity index (χ3v) is 0.897. The highest BCUT2D eigenvalue weighted by Crippen LogP contribution is 2.25. The van der Waals surface area contributed by atoms with Crippen LogP contribution in [0.25, 0.3) is 0 Å². The Morgan fingerprint density at radius 3 is 2.50 bits per heavy atom. The van der Waals surface area contributed by atoms with Crippen LogP contribution in [0.3, 0.4) is 0 Å². The Kier molecular flexibility index (Phi) is 1.35. The first-order valence-corrected chi connectivity index (χ1v) is 2.59. The van der Waals surface area contributed by atoms with Crippen LogP contribution in [-0.4, -0.2) is 4.98 Å². The molecule has 0 fully saturated rings. The number of hydrogen-bond acceptors (Lipinski definition) is 3. The van der Waals surface area contributed by atoms with Crippen molar-refractivity contribution < 1.29 is 13.2 Å². The summed E-state index contributed by atoms with van der Waals surface area (Å²) in [5.41, 5.74) is 5.04. The van der Waals surface area contributed by atoms with E-state index in [4.69, 9.17) is 5.73 Å². The van der Waals surface area contributed by atoms with E-state index in [1.165, 1.54) is 0 Å². The lowest BCUT2D eigenvalue weighted by molar-refractivity contribution is -0.0108. The molecule has 56 valence electrons. The second-order valence-corrected chi connectivity index (χ2v) is 1.97. The van der Waals surface area contributed by atoms with E-state index >= 15 is 0 Å². The number of nitrogens with zero attached hydrogens (tertiary/aromatic N) is 1. The summed E-state index contributed by atoms with van der Waals surface area (Å²) in [5.74, 6) is -3.72. The van der Waals surface area contributed by atoms with E-state index in [0.717, 1.165) is 6.26 Å². The number of nitrogen functional groups attached to an aromatic ring is 1. The van der Waals surface area contributed by atoms with Gasteiger partial charge in [0.05, 0.1) is 0 Å². The second-order valence-electron chi connectivity index (χ2n) is 1.97. The molecule has 0 spiro atoms. The van der Waals surface area contributed by atoms with E-state index in [1.807, 2.05) is 0 Å². The Labute approximate surface area is 55.8 Å². The minimum absolute atomic E-state index is 0.0310. The minimum atomic E-state index is -3.04. The molecular weight excluding hydrogens is 142 g/mol. The molecule has 10 heavy (non-hydrogen) atoms. The summed E-state index contributed by atoms with van der Waals surface area (Å²) in [4.78, 5) is 3.24. The van der Waals surface area contributed by atoms with E-state index in [2.05, 4.69) is 9.40 Å². The average Bonchev–Trinajstić information content (AvgIpc) is 2.11. The summed E-state index contributed by atoms with van der Waals surface area (Å²) in [6.45, 7) is 0.693. The number of nitrogens with two attached hydrogens (primary N) is 1. The molecule has 0 aliphatic rings. The van der Waals surface area contributed by atoms with Gasteiger partial charge in [-0.2, -0.15) is 13.8 Å². The maximum absolute atomic E-state index is 12.3.